The van der Waals surface area contributed by atoms with Gasteiger partial charge in [-0.3, -0.25) is 9.78 Å². The molecule has 0 aliphatic carbocycles. The minimum Gasteiger partial charge on any atom is -0.478 e. The smallest absolute Gasteiger partial charge is 0.253 e. The molecule has 2 aliphatic rings. The number of pyridine rings is 1. The highest BCUT2D eigenvalue weighted by molar-refractivity contribution is 5.97. The molecule has 0 unspecified atom stereocenters. The molecule has 7 heteroatoms. The van der Waals surface area contributed by atoms with Crippen molar-refractivity contribution in [2.75, 3.05) is 13.1 Å². The van der Waals surface area contributed by atoms with Gasteiger partial charge in [-0.2, -0.15) is 5.26 Å². The van der Waals surface area contributed by atoms with E-state index in [1.807, 2.05) is 6.92 Å². The zero-order valence-electron chi connectivity index (χ0n) is 14.9. The number of hydrogen-bond acceptors (Lipinski definition) is 5. The Bertz CT molecular complexity index is 955. The van der Waals surface area contributed by atoms with Gasteiger partial charge in [-0.15, -0.1) is 0 Å². The van der Waals surface area contributed by atoms with E-state index in [1.54, 1.807) is 30.3 Å². The molecule has 27 heavy (non-hydrogen) atoms. The number of aromatic nitrogens is 1. The summed E-state index contributed by atoms with van der Waals surface area (Å²) >= 11 is 0. The lowest BCUT2D eigenvalue weighted by atomic mass is 9.84. The van der Waals surface area contributed by atoms with E-state index in [0.29, 0.717) is 53.3 Å². The van der Waals surface area contributed by atoms with Crippen LogP contribution in [0.15, 0.2) is 30.3 Å². The summed E-state index contributed by atoms with van der Waals surface area (Å²) in [4.78, 5) is 16.6. The van der Waals surface area contributed by atoms with Crippen LogP contribution in [0.5, 0.6) is 5.75 Å². The number of aryl methyl sites for hydroxylation is 1. The number of rotatable bonds is 3. The number of ether oxygens (including phenoxy) is 1. The Hall–Kier alpha value is -2.98. The lowest BCUT2D eigenvalue weighted by molar-refractivity contribution is -0.0418. The van der Waals surface area contributed by atoms with Gasteiger partial charge in [0.2, 0.25) is 0 Å². The van der Waals surface area contributed by atoms with E-state index in [-0.39, 0.29) is 12.5 Å². The van der Waals surface area contributed by atoms with Gasteiger partial charge in [-0.1, -0.05) is 6.07 Å². The molecule has 4 rings (SSSR count). The fourth-order valence-electron chi connectivity index (χ4n) is 3.76. The molecule has 6 nitrogen and oxygen atoms in total. The molecule has 2 aliphatic heterocycles. The third-order valence-electron chi connectivity index (χ3n) is 5.12. The summed E-state index contributed by atoms with van der Waals surface area (Å²) in [5, 5.41) is 14.9. The summed E-state index contributed by atoms with van der Waals surface area (Å²) in [6.45, 7) is 2.87. The minimum atomic E-state index is -1.33. The highest BCUT2D eigenvalue weighted by Gasteiger charge is 2.48. The van der Waals surface area contributed by atoms with Crippen LogP contribution < -0.4 is 15.4 Å². The fourth-order valence-corrected chi connectivity index (χ4v) is 3.76. The Labute approximate surface area is 156 Å². The number of amides is 1. The van der Waals surface area contributed by atoms with E-state index < -0.39 is 11.8 Å². The van der Waals surface area contributed by atoms with E-state index in [9.17, 15) is 4.79 Å². The van der Waals surface area contributed by atoms with Gasteiger partial charge in [0.1, 0.15) is 5.75 Å². The van der Waals surface area contributed by atoms with Crippen molar-refractivity contribution in [2.24, 2.45) is 0 Å². The summed E-state index contributed by atoms with van der Waals surface area (Å²) in [6, 6.07) is 10.5. The summed E-state index contributed by atoms with van der Waals surface area (Å²) < 4.78 is 21.5. The Morgan fingerprint density at radius 3 is 3.04 bits per heavy atom. The second-order valence-corrected chi connectivity index (χ2v) is 6.88. The predicted molar refractivity (Wildman–Crippen MR) is 96.0 cm³/mol. The van der Waals surface area contributed by atoms with Gasteiger partial charge in [0.05, 0.1) is 35.1 Å². The van der Waals surface area contributed by atoms with Crippen LogP contribution in [0.2, 0.25) is 0 Å². The average Bonchev–Trinajstić information content (AvgIpc) is 3.03. The number of hydrogen-bond donors (Lipinski definition) is 2. The SMILES string of the molecule is Cc1cc2c(nc1[C@@]1(Oc3cccc(C#N)c3)CCNC[C@@H]1F)CNC2=O. The van der Waals surface area contributed by atoms with Crippen molar-refractivity contribution in [3.8, 4) is 11.8 Å². The molecule has 2 atom stereocenters. The summed E-state index contributed by atoms with van der Waals surface area (Å²) in [5.74, 6) is 0.264. The van der Waals surface area contributed by atoms with Gasteiger partial charge >= 0.3 is 0 Å². The number of carbonyl (C=O) groups excluding carboxylic acids is 1. The third-order valence-corrected chi connectivity index (χ3v) is 5.12. The number of piperidine rings is 1. The number of carbonyl (C=O) groups is 1. The molecule has 0 spiro atoms. The first-order chi connectivity index (χ1) is 13.0. The minimum absolute atomic E-state index is 0.146. The maximum absolute atomic E-state index is 15.3. The van der Waals surface area contributed by atoms with E-state index in [2.05, 4.69) is 21.7 Å². The maximum Gasteiger partial charge on any atom is 0.253 e. The quantitative estimate of drug-likeness (QED) is 0.869. The lowest BCUT2D eigenvalue weighted by Crippen LogP contribution is -2.54. The van der Waals surface area contributed by atoms with Gasteiger partial charge in [-0.25, -0.2) is 4.39 Å². The molecule has 2 aromatic rings. The molecular weight excluding hydrogens is 347 g/mol. The number of halogens is 1. The highest BCUT2D eigenvalue weighted by Crippen LogP contribution is 2.39. The van der Waals surface area contributed by atoms with E-state index in [1.165, 1.54) is 0 Å². The van der Waals surface area contributed by atoms with Gasteiger partial charge < -0.3 is 15.4 Å². The molecule has 138 valence electrons. The number of nitrogens with zero attached hydrogens (tertiary/aromatic N) is 2. The highest BCUT2D eigenvalue weighted by atomic mass is 19.1. The van der Waals surface area contributed by atoms with Crippen molar-refractivity contribution < 1.29 is 13.9 Å². The lowest BCUT2D eigenvalue weighted by Gasteiger charge is -2.41. The Balaban J connectivity index is 1.82. The molecule has 0 radical (unpaired) electrons. The molecule has 1 saturated heterocycles. The zero-order valence-corrected chi connectivity index (χ0v) is 14.9. The van der Waals surface area contributed by atoms with Crippen LogP contribution in [0, 0.1) is 18.3 Å². The summed E-state index contributed by atoms with van der Waals surface area (Å²) in [6.07, 6.45) is -0.940. The van der Waals surface area contributed by atoms with E-state index in [0.717, 1.165) is 0 Å². The van der Waals surface area contributed by atoms with Crippen molar-refractivity contribution in [1.82, 2.24) is 15.6 Å². The number of nitrogens with one attached hydrogen (secondary N) is 2. The average molecular weight is 366 g/mol. The molecule has 3 heterocycles. The monoisotopic (exact) mass is 366 g/mol. The molecule has 2 N–H and O–H groups in total. The topological polar surface area (TPSA) is 87.0 Å². The van der Waals surface area contributed by atoms with Gasteiger partial charge in [0, 0.05) is 13.0 Å². The normalized spacial score (nSPS) is 24.0. The summed E-state index contributed by atoms with van der Waals surface area (Å²) in [7, 11) is 0. The largest absolute Gasteiger partial charge is 0.478 e. The van der Waals surface area contributed by atoms with Crippen LogP contribution in [0.3, 0.4) is 0 Å². The second kappa shape index (κ2) is 6.63. The van der Waals surface area contributed by atoms with Crippen molar-refractivity contribution in [3.05, 3.63) is 58.4 Å². The van der Waals surface area contributed by atoms with Crippen LogP contribution in [0.25, 0.3) is 0 Å². The molecule has 1 aromatic carbocycles. The second-order valence-electron chi connectivity index (χ2n) is 6.88. The summed E-state index contributed by atoms with van der Waals surface area (Å²) in [5.41, 5.74) is 1.54. The van der Waals surface area contributed by atoms with Crippen LogP contribution in [0.4, 0.5) is 4.39 Å². The van der Waals surface area contributed by atoms with Crippen molar-refractivity contribution >= 4 is 5.91 Å². The zero-order chi connectivity index (χ0) is 19.0. The third kappa shape index (κ3) is 2.92. The van der Waals surface area contributed by atoms with Gasteiger partial charge in [-0.05, 0) is 43.3 Å². The number of fused-ring (bicyclic) bond motifs is 1. The molecule has 1 fully saturated rings. The number of benzene rings is 1. The first kappa shape index (κ1) is 17.4. The van der Waals surface area contributed by atoms with Crippen molar-refractivity contribution in [3.63, 3.8) is 0 Å². The van der Waals surface area contributed by atoms with Gasteiger partial charge in [0.25, 0.3) is 5.91 Å². The van der Waals surface area contributed by atoms with Crippen molar-refractivity contribution in [2.45, 2.75) is 31.7 Å². The van der Waals surface area contributed by atoms with E-state index in [4.69, 9.17) is 10.00 Å². The number of nitriles is 1. The Kier molecular flexibility index (Phi) is 4.28. The Morgan fingerprint density at radius 2 is 2.26 bits per heavy atom. The molecule has 1 aromatic heterocycles. The van der Waals surface area contributed by atoms with Crippen LogP contribution in [0.1, 0.15) is 39.3 Å². The number of alkyl halides is 1. The maximum atomic E-state index is 15.3. The van der Waals surface area contributed by atoms with Crippen LogP contribution in [-0.4, -0.2) is 30.2 Å². The molecule has 1 amide bonds. The Morgan fingerprint density at radius 1 is 1.41 bits per heavy atom. The van der Waals surface area contributed by atoms with E-state index >= 15 is 4.39 Å². The standard InChI is InChI=1S/C20H19FN4O2/c1-12-7-15-16(10-24-19(15)26)25-18(12)20(5-6-23-11-17(20)21)27-14-4-2-3-13(8-14)9-22/h2-4,7-8,17,23H,5-6,10-11H2,1H3,(H,24,26)/t17-,20+/m0/s1. The fraction of sp³-hybridized carbons (Fsp3) is 0.350. The van der Waals surface area contributed by atoms with Crippen LogP contribution in [-0.2, 0) is 12.1 Å². The predicted octanol–water partition coefficient (Wildman–Crippen LogP) is 2.11. The molecule has 0 bridgehead atoms. The van der Waals surface area contributed by atoms with Gasteiger partial charge in [0.15, 0.2) is 11.8 Å². The molecular formula is C20H19FN4O2. The first-order valence-corrected chi connectivity index (χ1v) is 8.86. The van der Waals surface area contributed by atoms with Crippen molar-refractivity contribution in [1.29, 1.82) is 5.26 Å². The van der Waals surface area contributed by atoms with Crippen LogP contribution >= 0.6 is 0 Å². The molecule has 0 saturated carbocycles. The first-order valence-electron chi connectivity index (χ1n) is 8.86.